The molecule has 1 aromatic rings. The lowest BCUT2D eigenvalue weighted by molar-refractivity contribution is -0.145. The number of amides is 1. The summed E-state index contributed by atoms with van der Waals surface area (Å²) in [5.74, 6) is -3.79. The van der Waals surface area contributed by atoms with E-state index in [1.807, 2.05) is 5.32 Å². The average molecular weight is 268 g/mol. The monoisotopic (exact) mass is 268 g/mol. The number of hydrogen-bond acceptors (Lipinski definition) is 4. The predicted octanol–water partition coefficient (Wildman–Crippen LogP) is -0.659. The number of nitrogens with one attached hydrogen (secondary N) is 2. The topological polar surface area (TPSA) is 137 Å². The molecule has 8 nitrogen and oxygen atoms in total. The van der Waals surface area contributed by atoms with E-state index >= 15 is 0 Å². The Kier molecular flexibility index (Phi) is 4.41. The van der Waals surface area contributed by atoms with Gasteiger partial charge >= 0.3 is 11.9 Å². The maximum Gasteiger partial charge on any atom is 0.326 e. The van der Waals surface area contributed by atoms with Gasteiger partial charge in [0.1, 0.15) is 11.6 Å². The second-order valence-electron chi connectivity index (χ2n) is 3.86. The highest BCUT2D eigenvalue weighted by Gasteiger charge is 2.24. The number of carbonyl (C=O) groups excluding carboxylic acids is 1. The van der Waals surface area contributed by atoms with Crippen LogP contribution in [0.5, 0.6) is 0 Å². The van der Waals surface area contributed by atoms with Crippen LogP contribution in [0.2, 0.25) is 0 Å². The summed E-state index contributed by atoms with van der Waals surface area (Å²) in [6.07, 6.45) is 0.373. The quantitative estimate of drug-likeness (QED) is 0.559. The van der Waals surface area contributed by atoms with Crippen molar-refractivity contribution < 1.29 is 24.6 Å². The fourth-order valence-electron chi connectivity index (χ4n) is 1.36. The van der Waals surface area contributed by atoms with Gasteiger partial charge in [0.15, 0.2) is 5.43 Å². The van der Waals surface area contributed by atoms with Crippen molar-refractivity contribution in [2.75, 3.05) is 0 Å². The highest BCUT2D eigenvalue weighted by atomic mass is 16.4. The molecule has 0 bridgehead atoms. The van der Waals surface area contributed by atoms with Crippen molar-refractivity contribution in [3.05, 3.63) is 33.7 Å². The van der Waals surface area contributed by atoms with Gasteiger partial charge in [-0.2, -0.15) is 0 Å². The van der Waals surface area contributed by atoms with E-state index < -0.39 is 35.7 Å². The fraction of sp³-hybridized carbons (Fsp3) is 0.273. The number of pyridine rings is 1. The number of hydrogen-bond donors (Lipinski definition) is 4. The Hall–Kier alpha value is -2.64. The van der Waals surface area contributed by atoms with Gasteiger partial charge in [-0.25, -0.2) is 4.79 Å². The largest absolute Gasteiger partial charge is 0.481 e. The summed E-state index contributed by atoms with van der Waals surface area (Å²) in [4.78, 5) is 47.1. The lowest BCUT2D eigenvalue weighted by atomic mass is 10.1. The van der Waals surface area contributed by atoms with E-state index in [1.165, 1.54) is 6.07 Å². The molecule has 19 heavy (non-hydrogen) atoms. The predicted molar refractivity (Wildman–Crippen MR) is 62.9 cm³/mol. The van der Waals surface area contributed by atoms with Crippen LogP contribution in [0.25, 0.3) is 0 Å². The van der Waals surface area contributed by atoms with Crippen LogP contribution in [0.15, 0.2) is 17.1 Å². The van der Waals surface area contributed by atoms with Crippen molar-refractivity contribution in [3.8, 4) is 0 Å². The van der Waals surface area contributed by atoms with Gasteiger partial charge in [-0.3, -0.25) is 14.4 Å². The lowest BCUT2D eigenvalue weighted by Crippen LogP contribution is -2.43. The molecule has 102 valence electrons. The fourth-order valence-corrected chi connectivity index (χ4v) is 1.36. The van der Waals surface area contributed by atoms with Gasteiger partial charge in [-0.15, -0.1) is 0 Å². The molecule has 1 amide bonds. The van der Waals surface area contributed by atoms with E-state index in [0.717, 1.165) is 6.20 Å². The molecule has 1 atom stereocenters. The van der Waals surface area contributed by atoms with E-state index in [-0.39, 0.29) is 5.56 Å². The van der Waals surface area contributed by atoms with Crippen LogP contribution in [-0.4, -0.2) is 39.1 Å². The average Bonchev–Trinajstić information content (AvgIpc) is 2.26. The first kappa shape index (κ1) is 14.4. The Labute approximate surface area is 107 Å². The van der Waals surface area contributed by atoms with Gasteiger partial charge < -0.3 is 20.5 Å². The molecule has 0 aliphatic rings. The van der Waals surface area contributed by atoms with Crippen molar-refractivity contribution in [1.29, 1.82) is 0 Å². The first-order chi connectivity index (χ1) is 8.81. The highest BCUT2D eigenvalue weighted by Crippen LogP contribution is 1.97. The summed E-state index contributed by atoms with van der Waals surface area (Å²) in [5.41, 5.74) is -0.308. The van der Waals surface area contributed by atoms with E-state index in [9.17, 15) is 19.2 Å². The SMILES string of the molecule is Cc1cc(=O)c(C(=O)NC(CC(=O)O)C(=O)O)c[nH]1. The minimum atomic E-state index is -1.59. The molecule has 0 radical (unpaired) electrons. The van der Waals surface area contributed by atoms with E-state index in [1.54, 1.807) is 6.92 Å². The minimum absolute atomic E-state index is 0.276. The normalized spacial score (nSPS) is 11.6. The zero-order chi connectivity index (χ0) is 14.6. The van der Waals surface area contributed by atoms with Crippen LogP contribution in [0.3, 0.4) is 0 Å². The molecule has 4 N–H and O–H groups in total. The number of aliphatic carboxylic acids is 2. The Balaban J connectivity index is 2.91. The van der Waals surface area contributed by atoms with Crippen LogP contribution in [-0.2, 0) is 9.59 Å². The third kappa shape index (κ3) is 3.95. The van der Waals surface area contributed by atoms with Gasteiger partial charge in [-0.1, -0.05) is 0 Å². The van der Waals surface area contributed by atoms with Crippen molar-refractivity contribution in [2.45, 2.75) is 19.4 Å². The number of carboxylic acids is 2. The Morgan fingerprint density at radius 3 is 2.47 bits per heavy atom. The molecule has 1 aromatic heterocycles. The van der Waals surface area contributed by atoms with Gasteiger partial charge in [-0.05, 0) is 6.92 Å². The van der Waals surface area contributed by atoms with Gasteiger partial charge in [0.2, 0.25) is 0 Å². The van der Waals surface area contributed by atoms with E-state index in [2.05, 4.69) is 4.98 Å². The molecule has 1 unspecified atom stereocenters. The number of carboxylic acid groups (broad SMARTS) is 2. The van der Waals surface area contributed by atoms with Crippen molar-refractivity contribution in [2.24, 2.45) is 0 Å². The summed E-state index contributed by atoms with van der Waals surface area (Å²) in [5, 5.41) is 19.3. The molecular formula is C11H12N2O6. The number of H-pyrrole nitrogens is 1. The van der Waals surface area contributed by atoms with Crippen molar-refractivity contribution in [3.63, 3.8) is 0 Å². The van der Waals surface area contributed by atoms with Crippen LogP contribution in [0, 0.1) is 6.92 Å². The summed E-state index contributed by atoms with van der Waals surface area (Å²) >= 11 is 0. The number of carbonyl (C=O) groups is 3. The summed E-state index contributed by atoms with van der Waals surface area (Å²) in [6, 6.07) is -0.410. The first-order valence-corrected chi connectivity index (χ1v) is 5.26. The minimum Gasteiger partial charge on any atom is -0.481 e. The maximum absolute atomic E-state index is 11.7. The second-order valence-corrected chi connectivity index (χ2v) is 3.86. The number of aryl methyl sites for hydroxylation is 1. The smallest absolute Gasteiger partial charge is 0.326 e. The van der Waals surface area contributed by atoms with E-state index in [4.69, 9.17) is 10.2 Å². The Bertz CT molecular complexity index is 577. The molecule has 0 spiro atoms. The molecule has 0 aliphatic heterocycles. The molecule has 1 heterocycles. The lowest BCUT2D eigenvalue weighted by Gasteiger charge is -2.11. The molecule has 0 aromatic carbocycles. The zero-order valence-corrected chi connectivity index (χ0v) is 9.97. The Morgan fingerprint density at radius 1 is 1.37 bits per heavy atom. The summed E-state index contributed by atoms with van der Waals surface area (Å²) in [7, 11) is 0. The van der Waals surface area contributed by atoms with Gasteiger partial charge in [0.25, 0.3) is 5.91 Å². The van der Waals surface area contributed by atoms with Crippen LogP contribution >= 0.6 is 0 Å². The zero-order valence-electron chi connectivity index (χ0n) is 9.97. The van der Waals surface area contributed by atoms with Crippen LogP contribution in [0.1, 0.15) is 22.5 Å². The maximum atomic E-state index is 11.7. The molecular weight excluding hydrogens is 256 g/mol. The third-order valence-corrected chi connectivity index (χ3v) is 2.28. The standard InChI is InChI=1S/C11H12N2O6/c1-5-2-8(14)6(4-12-5)10(17)13-7(11(18)19)3-9(15)16/h2,4,7H,3H2,1H3,(H,12,14)(H,13,17)(H,15,16)(H,18,19). The molecule has 0 saturated heterocycles. The van der Waals surface area contributed by atoms with Crippen LogP contribution < -0.4 is 10.7 Å². The second kappa shape index (κ2) is 5.80. The molecule has 8 heteroatoms. The summed E-state index contributed by atoms with van der Waals surface area (Å²) in [6.45, 7) is 1.62. The van der Waals surface area contributed by atoms with Gasteiger partial charge in [0, 0.05) is 18.0 Å². The van der Waals surface area contributed by atoms with E-state index in [0.29, 0.717) is 5.69 Å². The molecule has 0 fully saturated rings. The summed E-state index contributed by atoms with van der Waals surface area (Å²) < 4.78 is 0. The molecule has 0 aliphatic carbocycles. The van der Waals surface area contributed by atoms with Crippen molar-refractivity contribution in [1.82, 2.24) is 10.3 Å². The third-order valence-electron chi connectivity index (χ3n) is 2.28. The number of aromatic nitrogens is 1. The number of rotatable bonds is 5. The molecule has 1 rings (SSSR count). The van der Waals surface area contributed by atoms with Crippen molar-refractivity contribution >= 4 is 17.8 Å². The van der Waals surface area contributed by atoms with Gasteiger partial charge in [0.05, 0.1) is 6.42 Å². The van der Waals surface area contributed by atoms with Crippen LogP contribution in [0.4, 0.5) is 0 Å². The first-order valence-electron chi connectivity index (χ1n) is 5.26. The highest BCUT2D eigenvalue weighted by molar-refractivity contribution is 5.97. The molecule has 0 saturated carbocycles. The number of aromatic amines is 1. The Morgan fingerprint density at radius 2 is 2.00 bits per heavy atom.